The van der Waals surface area contributed by atoms with Gasteiger partial charge in [0.1, 0.15) is 0 Å². The van der Waals surface area contributed by atoms with Crippen LogP contribution < -0.4 is 0 Å². The molecule has 0 aromatic heterocycles. The molecule has 6 rings (SSSR count). The highest BCUT2D eigenvalue weighted by Crippen LogP contribution is 2.61. The van der Waals surface area contributed by atoms with E-state index in [9.17, 15) is 0 Å². The average Bonchev–Trinajstić information content (AvgIpc) is 3.39. The van der Waals surface area contributed by atoms with Crippen LogP contribution in [0.5, 0.6) is 0 Å². The molecule has 8 atom stereocenters. The van der Waals surface area contributed by atoms with Crippen LogP contribution in [0.3, 0.4) is 0 Å². The largest absolute Gasteiger partial charge is 0.0805 e. The van der Waals surface area contributed by atoms with Gasteiger partial charge in [-0.25, -0.2) is 0 Å². The van der Waals surface area contributed by atoms with E-state index in [1.54, 1.807) is 5.56 Å². The highest BCUT2D eigenvalue weighted by atomic mass is 14.6. The molecule has 4 aliphatic rings. The maximum atomic E-state index is 2.56. The topological polar surface area (TPSA) is 0 Å². The van der Waals surface area contributed by atoms with Crippen molar-refractivity contribution >= 4 is 10.8 Å². The standard InChI is InChI=1S/C34H40/c1-22-20-24(34(2,3)4)21-31(22)33(28-19-11-13-23-12-5-6-14-25(23)28)32-29-17-9-7-15-26(29)27-16-8-10-18-30(27)32/h5-19,22,24,26-27,29-33H,20-21H2,1-4H3. The highest BCUT2D eigenvalue weighted by Gasteiger charge is 2.54. The molecule has 0 aliphatic heterocycles. The Balaban J connectivity index is 1.52. The van der Waals surface area contributed by atoms with Crippen molar-refractivity contribution in [2.24, 2.45) is 52.8 Å². The minimum atomic E-state index is 0.383. The van der Waals surface area contributed by atoms with Crippen LogP contribution in [0, 0.1) is 52.8 Å². The predicted octanol–water partition coefficient (Wildman–Crippen LogP) is 8.98. The summed E-state index contributed by atoms with van der Waals surface area (Å²) in [5.41, 5.74) is 1.99. The number of rotatable bonds is 3. The maximum absolute atomic E-state index is 2.56. The summed E-state index contributed by atoms with van der Waals surface area (Å²) in [6.45, 7) is 9.95. The third-order valence-electron chi connectivity index (χ3n) is 10.0. The van der Waals surface area contributed by atoms with E-state index >= 15 is 0 Å². The summed E-state index contributed by atoms with van der Waals surface area (Å²) in [6.07, 6.45) is 22.1. The van der Waals surface area contributed by atoms with Gasteiger partial charge in [-0.1, -0.05) is 119 Å². The van der Waals surface area contributed by atoms with E-state index in [2.05, 4.69) is 119 Å². The zero-order valence-electron chi connectivity index (χ0n) is 21.3. The van der Waals surface area contributed by atoms with Crippen molar-refractivity contribution in [3.05, 3.63) is 96.6 Å². The second kappa shape index (κ2) is 8.40. The Labute approximate surface area is 206 Å². The number of hydrogen-bond acceptors (Lipinski definition) is 0. The Morgan fingerprint density at radius 2 is 1.29 bits per heavy atom. The second-order valence-electron chi connectivity index (χ2n) is 12.7. The zero-order chi connectivity index (χ0) is 23.4. The van der Waals surface area contributed by atoms with Gasteiger partial charge >= 0.3 is 0 Å². The number of benzene rings is 2. The van der Waals surface area contributed by atoms with Gasteiger partial charge in [0, 0.05) is 0 Å². The van der Waals surface area contributed by atoms with Gasteiger partial charge in [-0.3, -0.25) is 0 Å². The SMILES string of the molecule is CC1CC(C(C)(C)C)CC1C(c1cccc2ccccc12)C1C2C=CC=CC2C2C=CC=CC21. The van der Waals surface area contributed by atoms with E-state index in [0.29, 0.717) is 40.9 Å². The molecular weight excluding hydrogens is 408 g/mol. The monoisotopic (exact) mass is 448 g/mol. The quantitative estimate of drug-likeness (QED) is 0.439. The lowest BCUT2D eigenvalue weighted by Gasteiger charge is -2.39. The minimum Gasteiger partial charge on any atom is -0.0805 e. The lowest BCUT2D eigenvalue weighted by molar-refractivity contribution is 0.197. The number of fused-ring (bicyclic) bond motifs is 4. The highest BCUT2D eigenvalue weighted by molar-refractivity contribution is 5.86. The molecule has 2 aromatic carbocycles. The van der Waals surface area contributed by atoms with Crippen molar-refractivity contribution in [1.29, 1.82) is 0 Å². The molecular formula is C34H40. The average molecular weight is 449 g/mol. The first-order valence-corrected chi connectivity index (χ1v) is 13.6. The Kier molecular flexibility index (Phi) is 5.47. The lowest BCUT2D eigenvalue weighted by Crippen LogP contribution is -2.31. The summed E-state index contributed by atoms with van der Waals surface area (Å²) < 4.78 is 0. The van der Waals surface area contributed by atoms with Crippen LogP contribution >= 0.6 is 0 Å². The maximum Gasteiger partial charge on any atom is -0.00848 e. The molecule has 34 heavy (non-hydrogen) atoms. The van der Waals surface area contributed by atoms with Crippen molar-refractivity contribution in [3.63, 3.8) is 0 Å². The Morgan fingerprint density at radius 3 is 1.91 bits per heavy atom. The molecule has 0 heteroatoms. The summed E-state index contributed by atoms with van der Waals surface area (Å²) >= 11 is 0. The van der Waals surface area contributed by atoms with Crippen molar-refractivity contribution < 1.29 is 0 Å². The van der Waals surface area contributed by atoms with Crippen molar-refractivity contribution in [2.75, 3.05) is 0 Å². The van der Waals surface area contributed by atoms with Crippen molar-refractivity contribution in [3.8, 4) is 0 Å². The molecule has 0 N–H and O–H groups in total. The van der Waals surface area contributed by atoms with E-state index in [1.165, 1.54) is 23.6 Å². The molecule has 0 spiro atoms. The molecule has 2 saturated carbocycles. The van der Waals surface area contributed by atoms with Crippen molar-refractivity contribution in [2.45, 2.75) is 46.5 Å². The van der Waals surface area contributed by atoms with Crippen LogP contribution in [0.15, 0.2) is 91.1 Å². The summed E-state index contributed by atoms with van der Waals surface area (Å²) in [5, 5.41) is 2.87. The first-order valence-electron chi connectivity index (χ1n) is 13.6. The van der Waals surface area contributed by atoms with E-state index in [1.807, 2.05) is 0 Å². The smallest absolute Gasteiger partial charge is 0.00848 e. The first kappa shape index (κ1) is 22.1. The van der Waals surface area contributed by atoms with E-state index in [0.717, 1.165) is 17.8 Å². The van der Waals surface area contributed by atoms with Gasteiger partial charge in [-0.15, -0.1) is 0 Å². The molecule has 8 unspecified atom stereocenters. The molecule has 2 fully saturated rings. The first-order chi connectivity index (χ1) is 16.4. The van der Waals surface area contributed by atoms with Gasteiger partial charge in [0.2, 0.25) is 0 Å². The van der Waals surface area contributed by atoms with Crippen LogP contribution in [-0.2, 0) is 0 Å². The molecule has 0 amide bonds. The van der Waals surface area contributed by atoms with Crippen molar-refractivity contribution in [1.82, 2.24) is 0 Å². The van der Waals surface area contributed by atoms with Gasteiger partial charge < -0.3 is 0 Å². The molecule has 2 aromatic rings. The Bertz CT molecular complexity index is 1130. The third kappa shape index (κ3) is 3.57. The van der Waals surface area contributed by atoms with E-state index in [-0.39, 0.29) is 0 Å². The normalized spacial score (nSPS) is 37.2. The summed E-state index contributed by atoms with van der Waals surface area (Å²) in [6, 6.07) is 16.2. The van der Waals surface area contributed by atoms with Crippen LogP contribution in [0.4, 0.5) is 0 Å². The molecule has 4 aliphatic carbocycles. The predicted molar refractivity (Wildman–Crippen MR) is 146 cm³/mol. The Hall–Kier alpha value is -2.34. The van der Waals surface area contributed by atoms with Crippen LogP contribution in [0.2, 0.25) is 0 Å². The van der Waals surface area contributed by atoms with Gasteiger partial charge in [0.05, 0.1) is 0 Å². The lowest BCUT2D eigenvalue weighted by atomic mass is 9.65. The Morgan fingerprint density at radius 1 is 0.706 bits per heavy atom. The summed E-state index contributed by atoms with van der Waals surface area (Å²) in [5.74, 6) is 6.05. The fraction of sp³-hybridized carbons (Fsp3) is 0.471. The van der Waals surface area contributed by atoms with E-state index < -0.39 is 0 Å². The van der Waals surface area contributed by atoms with Crippen LogP contribution in [0.1, 0.15) is 52.0 Å². The second-order valence-corrected chi connectivity index (χ2v) is 12.7. The van der Waals surface area contributed by atoms with Gasteiger partial charge in [0.25, 0.3) is 0 Å². The van der Waals surface area contributed by atoms with Gasteiger partial charge in [-0.05, 0) is 87.9 Å². The fourth-order valence-electron chi connectivity index (χ4n) is 8.31. The van der Waals surface area contributed by atoms with Gasteiger partial charge in [-0.2, -0.15) is 0 Å². The summed E-state index contributed by atoms with van der Waals surface area (Å²) in [4.78, 5) is 0. The molecule has 0 radical (unpaired) electrons. The third-order valence-corrected chi connectivity index (χ3v) is 10.0. The molecule has 0 heterocycles. The molecule has 0 bridgehead atoms. The van der Waals surface area contributed by atoms with Crippen LogP contribution in [0.25, 0.3) is 10.8 Å². The van der Waals surface area contributed by atoms with E-state index in [4.69, 9.17) is 0 Å². The van der Waals surface area contributed by atoms with Gasteiger partial charge in [0.15, 0.2) is 0 Å². The number of hydrogen-bond donors (Lipinski definition) is 0. The minimum absolute atomic E-state index is 0.383. The number of allylic oxidation sites excluding steroid dienone is 8. The van der Waals surface area contributed by atoms with Crippen LogP contribution in [-0.4, -0.2) is 0 Å². The molecule has 176 valence electrons. The summed E-state index contributed by atoms with van der Waals surface area (Å²) in [7, 11) is 0. The molecule has 0 saturated heterocycles. The zero-order valence-corrected chi connectivity index (χ0v) is 21.3. The fourth-order valence-corrected chi connectivity index (χ4v) is 8.31. The molecule has 0 nitrogen and oxygen atoms in total.